The van der Waals surface area contributed by atoms with Crippen molar-refractivity contribution in [2.75, 3.05) is 48.0 Å². The van der Waals surface area contributed by atoms with Gasteiger partial charge in [0, 0.05) is 48.9 Å². The third kappa shape index (κ3) is 3.91. The quantitative estimate of drug-likeness (QED) is 0.536. The molecule has 5 aliphatic rings. The van der Waals surface area contributed by atoms with Gasteiger partial charge in [-0.1, -0.05) is 19.9 Å². The number of aliphatic hydroxyl groups excluding tert-OH is 1. The minimum atomic E-state index is -1.81. The molecule has 0 saturated carbocycles. The van der Waals surface area contributed by atoms with Gasteiger partial charge in [0.25, 0.3) is 0 Å². The Morgan fingerprint density at radius 1 is 1.15 bits per heavy atom. The number of benzene rings is 1. The van der Waals surface area contributed by atoms with Crippen LogP contribution in [0.25, 0.3) is 0 Å². The van der Waals surface area contributed by atoms with E-state index in [-0.39, 0.29) is 44.7 Å². The lowest BCUT2D eigenvalue weighted by Gasteiger charge is -2.60. The first-order chi connectivity index (χ1) is 18.8. The Labute approximate surface area is 229 Å². The number of likely N-dealkylation sites (N-methyl/N-ethyl adjacent to an activating group) is 1. The molecular weight excluding hydrogens is 504 g/mol. The summed E-state index contributed by atoms with van der Waals surface area (Å²) in [6.45, 7) is 8.10. The normalized spacial score (nSPS) is 31.3. The zero-order chi connectivity index (χ0) is 28.2. The zero-order valence-corrected chi connectivity index (χ0v) is 23.9. The van der Waals surface area contributed by atoms with Crippen molar-refractivity contribution in [1.29, 1.82) is 0 Å². The average Bonchev–Trinajstić information content (AvgIpc) is 3.41. The molecule has 4 aliphatic heterocycles. The van der Waals surface area contributed by atoms with E-state index in [4.69, 9.17) is 23.7 Å². The van der Waals surface area contributed by atoms with Crippen LogP contribution < -0.4 is 9.47 Å². The SMILES string of the molecule is CC.COCOc1c(OC)c(C)cc2c1C1C3CC4(O)C(=O)C(C)=C5OCOC5=C4C(CO)N3CC(C2)N1C. The second-order valence-electron chi connectivity index (χ2n) is 10.6. The molecule has 10 nitrogen and oxygen atoms in total. The summed E-state index contributed by atoms with van der Waals surface area (Å²) >= 11 is 0. The number of ketones is 1. The number of carbonyl (C=O) groups excluding carboxylic acids is 1. The van der Waals surface area contributed by atoms with E-state index in [1.807, 2.05) is 20.8 Å². The number of ether oxygens (including phenoxy) is 5. The molecule has 2 bridgehead atoms. The second kappa shape index (κ2) is 10.4. The summed E-state index contributed by atoms with van der Waals surface area (Å²) in [5, 5.41) is 22.8. The Balaban J connectivity index is 0.00000151. The fraction of sp³-hybridized carbons (Fsp3) is 0.621. The molecule has 1 aromatic rings. The first kappa shape index (κ1) is 27.9. The number of methoxy groups -OCH3 is 2. The van der Waals surface area contributed by atoms with Crippen molar-refractivity contribution in [3.05, 3.63) is 45.4 Å². The fourth-order valence-electron chi connectivity index (χ4n) is 7.27. The number of hydrogen-bond acceptors (Lipinski definition) is 10. The third-order valence-corrected chi connectivity index (χ3v) is 8.82. The number of aryl methyl sites for hydroxylation is 1. The van der Waals surface area contributed by atoms with Crippen molar-refractivity contribution in [3.8, 4) is 11.5 Å². The number of rotatable bonds is 5. The summed E-state index contributed by atoms with van der Waals surface area (Å²) in [6.07, 6.45) is 0.938. The van der Waals surface area contributed by atoms with Crippen LogP contribution in [0, 0.1) is 6.92 Å². The molecule has 39 heavy (non-hydrogen) atoms. The van der Waals surface area contributed by atoms with Crippen LogP contribution in [-0.2, 0) is 25.4 Å². The van der Waals surface area contributed by atoms with Crippen LogP contribution in [0.5, 0.6) is 11.5 Å². The lowest BCUT2D eigenvalue weighted by Crippen LogP contribution is -2.71. The number of hydrogen-bond donors (Lipinski definition) is 2. The predicted octanol–water partition coefficient (Wildman–Crippen LogP) is 2.21. The molecule has 214 valence electrons. The van der Waals surface area contributed by atoms with E-state index in [9.17, 15) is 15.0 Å². The standard InChI is InChI=1S/C27H34N2O8.C2H6/c1-13-6-15-7-16-9-29-17(21(28(16)3)19(15)24(22(13)34-5)35-11-33-4)8-27(32)20(18(29)10-30)25-23(36-12-37-25)14(2)26(27)31;1-2/h6,16-18,21,30,32H,7-12H2,1-5H3;1-2H3. The van der Waals surface area contributed by atoms with Gasteiger partial charge in [-0.05, 0) is 38.4 Å². The summed E-state index contributed by atoms with van der Waals surface area (Å²) in [5.41, 5.74) is 2.06. The molecular formula is C29H40N2O8. The van der Waals surface area contributed by atoms with Gasteiger partial charge in [-0.3, -0.25) is 14.6 Å². The van der Waals surface area contributed by atoms with Crippen LogP contribution in [0.15, 0.2) is 28.7 Å². The molecule has 0 radical (unpaired) electrons. The van der Waals surface area contributed by atoms with Gasteiger partial charge in [-0.25, -0.2) is 0 Å². The Hall–Kier alpha value is -2.63. The minimum absolute atomic E-state index is 0.0167. The number of nitrogens with zero attached hydrogens (tertiary/aromatic N) is 2. The number of Topliss-reactive ketones (excluding diaryl/α,β-unsaturated/α-hetero) is 1. The highest BCUT2D eigenvalue weighted by Gasteiger charge is 2.62. The summed E-state index contributed by atoms with van der Waals surface area (Å²) < 4.78 is 28.5. The molecule has 5 unspecified atom stereocenters. The number of fused-ring (bicyclic) bond motifs is 8. The van der Waals surface area contributed by atoms with E-state index >= 15 is 0 Å². The Morgan fingerprint density at radius 3 is 2.54 bits per heavy atom. The van der Waals surface area contributed by atoms with Crippen LogP contribution in [0.3, 0.4) is 0 Å². The van der Waals surface area contributed by atoms with E-state index in [0.717, 1.165) is 23.1 Å². The molecule has 6 rings (SSSR count). The van der Waals surface area contributed by atoms with Gasteiger partial charge in [0.2, 0.25) is 6.79 Å². The summed E-state index contributed by atoms with van der Waals surface area (Å²) in [6, 6.07) is 1.22. The van der Waals surface area contributed by atoms with Crippen molar-refractivity contribution in [1.82, 2.24) is 9.80 Å². The predicted molar refractivity (Wildman–Crippen MR) is 142 cm³/mol. The maximum Gasteiger partial charge on any atom is 0.231 e. The molecule has 3 saturated heterocycles. The number of carbonyl (C=O) groups is 1. The summed E-state index contributed by atoms with van der Waals surface area (Å²) in [4.78, 5) is 18.2. The molecule has 3 fully saturated rings. The summed E-state index contributed by atoms with van der Waals surface area (Å²) in [5.74, 6) is 1.63. The van der Waals surface area contributed by atoms with Crippen LogP contribution in [0.1, 0.15) is 49.9 Å². The van der Waals surface area contributed by atoms with Gasteiger partial charge < -0.3 is 33.9 Å². The van der Waals surface area contributed by atoms with Gasteiger partial charge >= 0.3 is 0 Å². The zero-order valence-electron chi connectivity index (χ0n) is 23.9. The van der Waals surface area contributed by atoms with Gasteiger partial charge in [0.05, 0.1) is 25.8 Å². The first-order valence-corrected chi connectivity index (χ1v) is 13.7. The van der Waals surface area contributed by atoms with E-state index in [1.165, 1.54) is 0 Å². The number of aliphatic hydroxyl groups is 2. The van der Waals surface area contributed by atoms with Crippen LogP contribution in [0.4, 0.5) is 0 Å². The second-order valence-corrected chi connectivity index (χ2v) is 10.6. The van der Waals surface area contributed by atoms with Crippen LogP contribution in [-0.4, -0.2) is 97.5 Å². The molecule has 0 aromatic heterocycles. The highest BCUT2D eigenvalue weighted by Crippen LogP contribution is 2.55. The van der Waals surface area contributed by atoms with Gasteiger partial charge in [-0.2, -0.15) is 0 Å². The first-order valence-electron chi connectivity index (χ1n) is 13.7. The van der Waals surface area contributed by atoms with Crippen molar-refractivity contribution in [2.45, 2.75) is 70.3 Å². The molecule has 10 heteroatoms. The molecule has 4 heterocycles. The van der Waals surface area contributed by atoms with E-state index in [0.29, 0.717) is 40.7 Å². The van der Waals surface area contributed by atoms with Crippen LogP contribution >= 0.6 is 0 Å². The highest BCUT2D eigenvalue weighted by molar-refractivity contribution is 6.06. The monoisotopic (exact) mass is 544 g/mol. The molecule has 0 spiro atoms. The van der Waals surface area contributed by atoms with Crippen molar-refractivity contribution >= 4 is 5.78 Å². The largest absolute Gasteiger partial charge is 0.493 e. The van der Waals surface area contributed by atoms with Crippen molar-refractivity contribution in [3.63, 3.8) is 0 Å². The molecule has 2 N–H and O–H groups in total. The highest BCUT2D eigenvalue weighted by atomic mass is 16.7. The topological polar surface area (TPSA) is 110 Å². The Bertz CT molecular complexity index is 1230. The van der Waals surface area contributed by atoms with Gasteiger partial charge in [0.15, 0.2) is 41.2 Å². The third-order valence-electron chi connectivity index (χ3n) is 8.82. The average molecular weight is 545 g/mol. The number of piperidine rings is 1. The fourth-order valence-corrected chi connectivity index (χ4v) is 7.27. The lowest BCUT2D eigenvalue weighted by atomic mass is 9.66. The Morgan fingerprint density at radius 2 is 1.87 bits per heavy atom. The lowest BCUT2D eigenvalue weighted by molar-refractivity contribution is -0.145. The van der Waals surface area contributed by atoms with E-state index < -0.39 is 17.4 Å². The number of piperazine rings is 1. The molecule has 1 aromatic carbocycles. The van der Waals surface area contributed by atoms with E-state index in [2.05, 4.69) is 22.9 Å². The van der Waals surface area contributed by atoms with Crippen molar-refractivity contribution < 1.29 is 38.7 Å². The van der Waals surface area contributed by atoms with Crippen LogP contribution in [0.2, 0.25) is 0 Å². The summed E-state index contributed by atoms with van der Waals surface area (Å²) in [7, 11) is 5.27. The maximum absolute atomic E-state index is 13.7. The van der Waals surface area contributed by atoms with Crippen molar-refractivity contribution in [2.24, 2.45) is 0 Å². The van der Waals surface area contributed by atoms with Gasteiger partial charge in [-0.15, -0.1) is 0 Å². The molecule has 5 atom stereocenters. The van der Waals surface area contributed by atoms with E-state index in [1.54, 1.807) is 21.1 Å². The smallest absolute Gasteiger partial charge is 0.231 e. The van der Waals surface area contributed by atoms with Gasteiger partial charge in [0.1, 0.15) is 0 Å². The molecule has 0 amide bonds. The maximum atomic E-state index is 13.7. The Kier molecular flexibility index (Phi) is 7.45. The molecule has 1 aliphatic carbocycles. The minimum Gasteiger partial charge on any atom is -0.493 e.